The molecule has 0 N–H and O–H groups in total. The van der Waals surface area contributed by atoms with Crippen LogP contribution in [0.3, 0.4) is 0 Å². The number of carbonyl (C=O) groups excluding carboxylic acids is 2. The van der Waals surface area contributed by atoms with Gasteiger partial charge in [0.1, 0.15) is 16.5 Å². The number of nitrogens with zero attached hydrogens (tertiary/aromatic N) is 3. The standard InChI is InChI=1S/C25H28ClN3O4/c1-25(2,3)33-24(31)28-14-12-27(13-15-28)23(30)21-19-16-18(32-4)10-11-20(19)29(22(21)26)17-8-6-5-7-9-17/h5-11,16H,12-15H2,1-4H3. The Kier molecular flexibility index (Phi) is 6.26. The van der Waals surface area contributed by atoms with Gasteiger partial charge in [0.2, 0.25) is 0 Å². The molecule has 0 spiro atoms. The summed E-state index contributed by atoms with van der Waals surface area (Å²) in [4.78, 5) is 29.4. The van der Waals surface area contributed by atoms with E-state index in [1.54, 1.807) is 16.9 Å². The average molecular weight is 470 g/mol. The molecule has 1 fully saturated rings. The number of fused-ring (bicyclic) bond motifs is 1. The maximum atomic E-state index is 13.6. The summed E-state index contributed by atoms with van der Waals surface area (Å²) < 4.78 is 12.7. The van der Waals surface area contributed by atoms with Gasteiger partial charge in [0.25, 0.3) is 5.91 Å². The number of para-hydroxylation sites is 1. The van der Waals surface area contributed by atoms with E-state index in [-0.39, 0.29) is 12.0 Å². The minimum Gasteiger partial charge on any atom is -0.497 e. The highest BCUT2D eigenvalue weighted by Crippen LogP contribution is 2.36. The van der Waals surface area contributed by atoms with E-state index in [0.717, 1.165) is 16.6 Å². The molecule has 0 saturated carbocycles. The molecule has 2 aromatic carbocycles. The number of hydrogen-bond donors (Lipinski definition) is 0. The highest BCUT2D eigenvalue weighted by atomic mass is 35.5. The van der Waals surface area contributed by atoms with Crippen LogP contribution in [0.15, 0.2) is 48.5 Å². The zero-order valence-electron chi connectivity index (χ0n) is 19.3. The monoisotopic (exact) mass is 469 g/mol. The van der Waals surface area contributed by atoms with Crippen LogP contribution in [-0.2, 0) is 4.74 Å². The van der Waals surface area contributed by atoms with Crippen LogP contribution in [0.5, 0.6) is 5.75 Å². The number of piperazine rings is 1. The fraction of sp³-hybridized carbons (Fsp3) is 0.360. The number of amides is 2. The molecular weight excluding hydrogens is 442 g/mol. The van der Waals surface area contributed by atoms with E-state index in [9.17, 15) is 9.59 Å². The fourth-order valence-corrected chi connectivity index (χ4v) is 4.35. The van der Waals surface area contributed by atoms with Crippen molar-refractivity contribution in [2.75, 3.05) is 33.3 Å². The van der Waals surface area contributed by atoms with E-state index in [2.05, 4.69) is 0 Å². The Bertz CT molecular complexity index is 1180. The van der Waals surface area contributed by atoms with E-state index >= 15 is 0 Å². The van der Waals surface area contributed by atoms with Crippen LogP contribution in [-0.4, -0.2) is 65.3 Å². The zero-order chi connectivity index (χ0) is 23.8. The quantitative estimate of drug-likeness (QED) is 0.542. The van der Waals surface area contributed by atoms with Crippen LogP contribution in [0.25, 0.3) is 16.6 Å². The molecule has 4 rings (SSSR count). The number of hydrogen-bond acceptors (Lipinski definition) is 4. The van der Waals surface area contributed by atoms with Gasteiger partial charge in [0, 0.05) is 37.3 Å². The van der Waals surface area contributed by atoms with E-state index in [0.29, 0.717) is 42.6 Å². The summed E-state index contributed by atoms with van der Waals surface area (Å²) in [6.45, 7) is 7.11. The molecule has 0 radical (unpaired) electrons. The SMILES string of the molecule is COc1ccc2c(c1)c(C(=O)N1CCN(C(=O)OC(C)(C)C)CC1)c(Cl)n2-c1ccccc1. The Hall–Kier alpha value is -3.19. The van der Waals surface area contributed by atoms with E-state index in [1.165, 1.54) is 0 Å². The van der Waals surface area contributed by atoms with Crippen molar-refractivity contribution in [3.63, 3.8) is 0 Å². The molecule has 1 aromatic heterocycles. The van der Waals surface area contributed by atoms with Gasteiger partial charge in [-0.2, -0.15) is 0 Å². The third-order valence-electron chi connectivity index (χ3n) is 5.56. The first kappa shape index (κ1) is 23.0. The van der Waals surface area contributed by atoms with Crippen LogP contribution in [0.4, 0.5) is 4.79 Å². The largest absolute Gasteiger partial charge is 0.497 e. The molecule has 2 amide bonds. The first-order valence-electron chi connectivity index (χ1n) is 10.9. The van der Waals surface area contributed by atoms with Crippen LogP contribution in [0, 0.1) is 0 Å². The lowest BCUT2D eigenvalue weighted by Crippen LogP contribution is -2.51. The molecule has 0 aliphatic carbocycles. The van der Waals surface area contributed by atoms with Crippen molar-refractivity contribution in [2.45, 2.75) is 26.4 Å². The van der Waals surface area contributed by atoms with Gasteiger partial charge in [-0.15, -0.1) is 0 Å². The maximum Gasteiger partial charge on any atom is 0.410 e. The van der Waals surface area contributed by atoms with E-state index in [1.807, 2.05) is 73.9 Å². The molecule has 0 bridgehead atoms. The Labute approximate surface area is 198 Å². The Morgan fingerprint density at radius 1 is 0.939 bits per heavy atom. The summed E-state index contributed by atoms with van der Waals surface area (Å²) in [5.74, 6) is 0.477. The van der Waals surface area contributed by atoms with Crippen molar-refractivity contribution >= 4 is 34.5 Å². The molecule has 1 aliphatic rings. The first-order chi connectivity index (χ1) is 15.7. The average Bonchev–Trinajstić information content (AvgIpc) is 3.09. The van der Waals surface area contributed by atoms with Gasteiger partial charge >= 0.3 is 6.09 Å². The number of methoxy groups -OCH3 is 1. The lowest BCUT2D eigenvalue weighted by molar-refractivity contribution is 0.0141. The second-order valence-corrected chi connectivity index (χ2v) is 9.34. The summed E-state index contributed by atoms with van der Waals surface area (Å²) >= 11 is 6.84. The van der Waals surface area contributed by atoms with Gasteiger partial charge in [0.05, 0.1) is 18.2 Å². The minimum absolute atomic E-state index is 0.170. The summed E-state index contributed by atoms with van der Waals surface area (Å²) in [5, 5.41) is 1.08. The van der Waals surface area contributed by atoms with Gasteiger partial charge in [-0.1, -0.05) is 29.8 Å². The smallest absolute Gasteiger partial charge is 0.410 e. The number of halogens is 1. The summed E-state index contributed by atoms with van der Waals surface area (Å²) in [6.07, 6.45) is -0.363. The van der Waals surface area contributed by atoms with Crippen molar-refractivity contribution in [2.24, 2.45) is 0 Å². The third kappa shape index (κ3) is 4.64. The molecule has 2 heterocycles. The highest BCUT2D eigenvalue weighted by Gasteiger charge is 2.31. The number of carbonyl (C=O) groups is 2. The Morgan fingerprint density at radius 3 is 2.18 bits per heavy atom. The Balaban J connectivity index is 1.65. The topological polar surface area (TPSA) is 64.0 Å². The van der Waals surface area contributed by atoms with E-state index in [4.69, 9.17) is 21.1 Å². The van der Waals surface area contributed by atoms with Crippen molar-refractivity contribution in [3.05, 3.63) is 59.2 Å². The fourth-order valence-electron chi connectivity index (χ4n) is 3.98. The normalized spacial score (nSPS) is 14.5. The summed E-state index contributed by atoms with van der Waals surface area (Å²) in [6, 6.07) is 15.3. The first-order valence-corrected chi connectivity index (χ1v) is 11.3. The zero-order valence-corrected chi connectivity index (χ0v) is 20.1. The molecule has 8 heteroatoms. The predicted octanol–water partition coefficient (Wildman–Crippen LogP) is 4.99. The molecular formula is C25H28ClN3O4. The van der Waals surface area contributed by atoms with Crippen LogP contribution in [0.1, 0.15) is 31.1 Å². The van der Waals surface area contributed by atoms with Gasteiger partial charge in [-0.05, 0) is 51.1 Å². The van der Waals surface area contributed by atoms with Crippen molar-refractivity contribution < 1.29 is 19.1 Å². The molecule has 0 atom stereocenters. The number of benzene rings is 2. The molecule has 3 aromatic rings. The predicted molar refractivity (Wildman–Crippen MR) is 129 cm³/mol. The summed E-state index contributed by atoms with van der Waals surface area (Å²) in [7, 11) is 1.59. The van der Waals surface area contributed by atoms with Crippen LogP contribution < -0.4 is 4.74 Å². The van der Waals surface area contributed by atoms with Gasteiger partial charge in [-0.3, -0.25) is 9.36 Å². The number of aromatic nitrogens is 1. The second kappa shape index (κ2) is 8.98. The molecule has 0 unspecified atom stereocenters. The van der Waals surface area contributed by atoms with Crippen LogP contribution >= 0.6 is 11.6 Å². The van der Waals surface area contributed by atoms with E-state index < -0.39 is 5.60 Å². The lowest BCUT2D eigenvalue weighted by atomic mass is 10.1. The molecule has 174 valence electrons. The van der Waals surface area contributed by atoms with Gasteiger partial charge in [-0.25, -0.2) is 4.79 Å². The van der Waals surface area contributed by atoms with Crippen molar-refractivity contribution in [1.82, 2.24) is 14.4 Å². The molecule has 1 saturated heterocycles. The third-order valence-corrected chi connectivity index (χ3v) is 5.92. The maximum absolute atomic E-state index is 13.6. The second-order valence-electron chi connectivity index (χ2n) is 8.98. The summed E-state index contributed by atoms with van der Waals surface area (Å²) in [5.41, 5.74) is 1.56. The van der Waals surface area contributed by atoms with Crippen molar-refractivity contribution in [3.8, 4) is 11.4 Å². The van der Waals surface area contributed by atoms with Gasteiger partial charge in [0.15, 0.2) is 0 Å². The van der Waals surface area contributed by atoms with Gasteiger partial charge < -0.3 is 19.3 Å². The number of ether oxygens (including phenoxy) is 2. The Morgan fingerprint density at radius 2 is 1.58 bits per heavy atom. The molecule has 1 aliphatic heterocycles. The minimum atomic E-state index is -0.560. The van der Waals surface area contributed by atoms with Crippen molar-refractivity contribution in [1.29, 1.82) is 0 Å². The molecule has 33 heavy (non-hydrogen) atoms. The lowest BCUT2D eigenvalue weighted by Gasteiger charge is -2.35. The highest BCUT2D eigenvalue weighted by molar-refractivity contribution is 6.36. The number of rotatable bonds is 3. The molecule has 7 nitrogen and oxygen atoms in total. The van der Waals surface area contributed by atoms with Crippen LogP contribution in [0.2, 0.25) is 5.15 Å².